The number of sulfonamides is 1. The summed E-state index contributed by atoms with van der Waals surface area (Å²) in [6, 6.07) is 16.6. The van der Waals surface area contributed by atoms with Gasteiger partial charge in [-0.25, -0.2) is 18.2 Å². The molecule has 0 aliphatic rings. The number of aryl methyl sites for hydroxylation is 1. The van der Waals surface area contributed by atoms with Gasteiger partial charge in [0.15, 0.2) is 0 Å². The second-order valence-corrected chi connectivity index (χ2v) is 9.70. The van der Waals surface area contributed by atoms with Gasteiger partial charge in [0.25, 0.3) is 15.9 Å². The number of nitrogens with zero attached hydrogens (tertiary/aromatic N) is 2. The van der Waals surface area contributed by atoms with Crippen molar-refractivity contribution in [2.75, 3.05) is 18.0 Å². The Kier molecular flexibility index (Phi) is 7.83. The van der Waals surface area contributed by atoms with E-state index >= 15 is 0 Å². The van der Waals surface area contributed by atoms with Gasteiger partial charge in [-0.05, 0) is 70.9 Å². The first-order valence-electron chi connectivity index (χ1n) is 9.71. The summed E-state index contributed by atoms with van der Waals surface area (Å²) in [5.41, 5.74) is 4.15. The second-order valence-electron chi connectivity index (χ2n) is 6.99. The smallest absolute Gasteiger partial charge is 0.264 e. The van der Waals surface area contributed by atoms with Crippen molar-refractivity contribution in [2.24, 2.45) is 5.10 Å². The number of halogens is 2. The van der Waals surface area contributed by atoms with Crippen molar-refractivity contribution in [1.82, 2.24) is 5.43 Å². The Morgan fingerprint density at radius 3 is 2.39 bits per heavy atom. The van der Waals surface area contributed by atoms with Crippen molar-refractivity contribution in [3.8, 4) is 5.75 Å². The molecule has 33 heavy (non-hydrogen) atoms. The fourth-order valence-corrected chi connectivity index (χ4v) is 4.99. The zero-order valence-corrected chi connectivity index (χ0v) is 20.2. The van der Waals surface area contributed by atoms with E-state index in [4.69, 9.17) is 4.74 Å². The summed E-state index contributed by atoms with van der Waals surface area (Å²) in [6.45, 7) is 1.37. The molecule has 7 nitrogen and oxygen atoms in total. The van der Waals surface area contributed by atoms with E-state index in [-0.39, 0.29) is 10.7 Å². The van der Waals surface area contributed by atoms with Crippen LogP contribution in [0, 0.1) is 12.7 Å². The van der Waals surface area contributed by atoms with Crippen molar-refractivity contribution in [3.63, 3.8) is 0 Å². The minimum atomic E-state index is -4.10. The largest absolute Gasteiger partial charge is 0.496 e. The lowest BCUT2D eigenvalue weighted by atomic mass is 10.2. The van der Waals surface area contributed by atoms with E-state index in [1.807, 2.05) is 6.92 Å². The number of benzene rings is 3. The number of ether oxygens (including phenoxy) is 1. The number of hydrazone groups is 1. The Bertz CT molecular complexity index is 1260. The van der Waals surface area contributed by atoms with E-state index in [2.05, 4.69) is 26.5 Å². The number of anilines is 1. The maximum absolute atomic E-state index is 13.4. The van der Waals surface area contributed by atoms with Crippen LogP contribution in [-0.2, 0) is 14.8 Å². The number of hydrogen-bond acceptors (Lipinski definition) is 5. The molecule has 0 aliphatic carbocycles. The van der Waals surface area contributed by atoms with Gasteiger partial charge in [0.2, 0.25) is 0 Å². The molecule has 172 valence electrons. The van der Waals surface area contributed by atoms with Crippen LogP contribution in [-0.4, -0.2) is 34.2 Å². The molecule has 1 amide bonds. The van der Waals surface area contributed by atoms with Crippen molar-refractivity contribution < 1.29 is 22.3 Å². The Hall–Kier alpha value is -3.24. The monoisotopic (exact) mass is 533 g/mol. The molecular weight excluding hydrogens is 513 g/mol. The van der Waals surface area contributed by atoms with Gasteiger partial charge in [0, 0.05) is 0 Å². The third kappa shape index (κ3) is 6.17. The SMILES string of the molecule is COc1ccc(S(=O)(=O)N(CC(=O)N/N=C\c2ccc(F)cc2)c2ccc(C)cc2)cc1Br. The number of hydrogen-bond donors (Lipinski definition) is 1. The highest BCUT2D eigenvalue weighted by molar-refractivity contribution is 9.10. The summed E-state index contributed by atoms with van der Waals surface area (Å²) in [6.07, 6.45) is 1.34. The zero-order valence-electron chi connectivity index (χ0n) is 17.8. The van der Waals surface area contributed by atoms with Gasteiger partial charge in [-0.3, -0.25) is 9.10 Å². The predicted octanol–water partition coefficient (Wildman–Crippen LogP) is 4.25. The number of amides is 1. The number of carbonyl (C=O) groups excluding carboxylic acids is 1. The first-order valence-corrected chi connectivity index (χ1v) is 11.9. The summed E-state index contributed by atoms with van der Waals surface area (Å²) >= 11 is 3.30. The zero-order chi connectivity index (χ0) is 24.0. The van der Waals surface area contributed by atoms with Crippen LogP contribution < -0.4 is 14.5 Å². The molecule has 0 bridgehead atoms. The minimum Gasteiger partial charge on any atom is -0.496 e. The lowest BCUT2D eigenvalue weighted by Crippen LogP contribution is -2.39. The molecular formula is C23H21BrFN3O4S. The first-order chi connectivity index (χ1) is 15.7. The molecule has 0 heterocycles. The van der Waals surface area contributed by atoms with Crippen molar-refractivity contribution in [1.29, 1.82) is 0 Å². The molecule has 0 saturated heterocycles. The van der Waals surface area contributed by atoms with Crippen LogP contribution in [0.25, 0.3) is 0 Å². The highest BCUT2D eigenvalue weighted by Gasteiger charge is 2.28. The predicted molar refractivity (Wildman–Crippen MR) is 129 cm³/mol. The molecule has 0 unspecified atom stereocenters. The van der Waals surface area contributed by atoms with Crippen LogP contribution in [0.2, 0.25) is 0 Å². The highest BCUT2D eigenvalue weighted by atomic mass is 79.9. The third-order valence-electron chi connectivity index (χ3n) is 4.59. The van der Waals surface area contributed by atoms with E-state index in [0.29, 0.717) is 21.5 Å². The van der Waals surface area contributed by atoms with Gasteiger partial charge in [-0.2, -0.15) is 5.10 Å². The fourth-order valence-electron chi connectivity index (χ4n) is 2.85. The van der Waals surface area contributed by atoms with Gasteiger partial charge in [-0.1, -0.05) is 29.8 Å². The van der Waals surface area contributed by atoms with Crippen molar-refractivity contribution >= 4 is 43.8 Å². The van der Waals surface area contributed by atoms with E-state index in [9.17, 15) is 17.6 Å². The molecule has 0 radical (unpaired) electrons. The molecule has 3 rings (SSSR count). The molecule has 0 aromatic heterocycles. The van der Waals surface area contributed by atoms with Crippen LogP contribution >= 0.6 is 15.9 Å². The fraction of sp³-hybridized carbons (Fsp3) is 0.130. The van der Waals surface area contributed by atoms with Crippen molar-refractivity contribution in [3.05, 3.63) is 88.1 Å². The van der Waals surface area contributed by atoms with Crippen molar-refractivity contribution in [2.45, 2.75) is 11.8 Å². The van der Waals surface area contributed by atoms with Gasteiger partial charge in [0.05, 0.1) is 28.4 Å². The maximum atomic E-state index is 13.4. The van der Waals surface area contributed by atoms with E-state index in [1.54, 1.807) is 24.3 Å². The van der Waals surface area contributed by atoms with Gasteiger partial charge in [-0.15, -0.1) is 0 Å². The van der Waals surface area contributed by atoms with Crippen LogP contribution in [0.1, 0.15) is 11.1 Å². The summed E-state index contributed by atoms with van der Waals surface area (Å²) in [5.74, 6) is -0.561. The van der Waals surface area contributed by atoms with E-state index in [1.165, 1.54) is 55.8 Å². The Labute approximate surface area is 200 Å². The molecule has 0 spiro atoms. The maximum Gasteiger partial charge on any atom is 0.264 e. The quantitative estimate of drug-likeness (QED) is 0.346. The lowest BCUT2D eigenvalue weighted by Gasteiger charge is -2.24. The normalized spacial score (nSPS) is 11.4. The Morgan fingerprint density at radius 1 is 1.12 bits per heavy atom. The number of rotatable bonds is 8. The number of carbonyl (C=O) groups is 1. The van der Waals surface area contributed by atoms with Gasteiger partial charge >= 0.3 is 0 Å². The molecule has 1 N–H and O–H groups in total. The molecule has 0 atom stereocenters. The number of methoxy groups -OCH3 is 1. The molecule has 10 heteroatoms. The Balaban J connectivity index is 1.86. The highest BCUT2D eigenvalue weighted by Crippen LogP contribution is 2.30. The summed E-state index contributed by atoms with van der Waals surface area (Å²) in [5, 5.41) is 3.83. The average molecular weight is 534 g/mol. The van der Waals surface area contributed by atoms with Gasteiger partial charge < -0.3 is 4.74 Å². The second kappa shape index (κ2) is 10.6. The minimum absolute atomic E-state index is 0.0154. The van der Waals surface area contributed by atoms with Crippen LogP contribution in [0.4, 0.5) is 10.1 Å². The summed E-state index contributed by atoms with van der Waals surface area (Å²) in [4.78, 5) is 12.5. The van der Waals surface area contributed by atoms with Crippen LogP contribution in [0.15, 0.2) is 81.2 Å². The standard InChI is InChI=1S/C23H21BrFN3O4S/c1-16-3-9-19(10-4-16)28(33(30,31)20-11-12-22(32-2)21(24)13-20)15-23(29)27-26-14-17-5-7-18(25)8-6-17/h3-14H,15H2,1-2H3,(H,27,29)/b26-14-. The molecule has 0 fully saturated rings. The summed E-state index contributed by atoms with van der Waals surface area (Å²) in [7, 11) is -2.62. The third-order valence-corrected chi connectivity index (χ3v) is 6.98. The van der Waals surface area contributed by atoms with E-state index in [0.717, 1.165) is 9.87 Å². The average Bonchev–Trinajstić information content (AvgIpc) is 2.79. The number of nitrogens with one attached hydrogen (secondary N) is 1. The van der Waals surface area contributed by atoms with Crippen LogP contribution in [0.5, 0.6) is 5.75 Å². The van der Waals surface area contributed by atoms with Gasteiger partial charge in [0.1, 0.15) is 18.1 Å². The molecule has 0 aliphatic heterocycles. The summed E-state index contributed by atoms with van der Waals surface area (Å²) < 4.78 is 46.5. The Morgan fingerprint density at radius 2 is 1.79 bits per heavy atom. The molecule has 3 aromatic carbocycles. The van der Waals surface area contributed by atoms with E-state index < -0.39 is 22.5 Å². The lowest BCUT2D eigenvalue weighted by molar-refractivity contribution is -0.119. The first kappa shape index (κ1) is 24.4. The molecule has 3 aromatic rings. The topological polar surface area (TPSA) is 88.1 Å². The van der Waals surface area contributed by atoms with Crippen LogP contribution in [0.3, 0.4) is 0 Å². The molecule has 0 saturated carbocycles.